The average Bonchev–Trinajstić information content (AvgIpc) is 2.74. The predicted molar refractivity (Wildman–Crippen MR) is 111 cm³/mol. The molecule has 29 heavy (non-hydrogen) atoms. The predicted octanol–water partition coefficient (Wildman–Crippen LogP) is 3.81. The van der Waals surface area contributed by atoms with Crippen molar-refractivity contribution in [2.75, 3.05) is 32.0 Å². The lowest BCUT2D eigenvalue weighted by Gasteiger charge is -2.13. The quantitative estimate of drug-likeness (QED) is 0.629. The number of nitrogens with one attached hydrogen (secondary N) is 2. The standard InChI is InChI=1S/C21H22N4O4/c1-13-11-17(20(26)23-16-10-9-14(27-2)12-19(16)29-4)25-21(22-13)24-15-7-5-6-8-18(15)28-3/h5-12H,1-4H3,(H,23,26)(H,22,24,25). The van der Waals surface area contributed by atoms with Gasteiger partial charge in [-0.05, 0) is 37.3 Å². The number of benzene rings is 2. The van der Waals surface area contributed by atoms with E-state index in [1.54, 1.807) is 45.4 Å². The maximum Gasteiger partial charge on any atom is 0.274 e. The Hall–Kier alpha value is -3.81. The Morgan fingerprint density at radius 3 is 2.34 bits per heavy atom. The maximum absolute atomic E-state index is 12.8. The lowest BCUT2D eigenvalue weighted by Crippen LogP contribution is -2.16. The van der Waals surface area contributed by atoms with Gasteiger partial charge in [0.15, 0.2) is 0 Å². The summed E-state index contributed by atoms with van der Waals surface area (Å²) < 4.78 is 15.8. The summed E-state index contributed by atoms with van der Waals surface area (Å²) in [7, 11) is 4.67. The van der Waals surface area contributed by atoms with E-state index < -0.39 is 0 Å². The van der Waals surface area contributed by atoms with Crippen LogP contribution in [0.1, 0.15) is 16.2 Å². The fourth-order valence-corrected chi connectivity index (χ4v) is 2.70. The zero-order chi connectivity index (χ0) is 20.8. The molecule has 3 aromatic rings. The van der Waals surface area contributed by atoms with Gasteiger partial charge in [0.2, 0.25) is 5.95 Å². The first-order chi connectivity index (χ1) is 14.0. The first-order valence-corrected chi connectivity index (χ1v) is 8.83. The van der Waals surface area contributed by atoms with E-state index in [1.807, 2.05) is 24.3 Å². The molecule has 1 aromatic heterocycles. The Bertz CT molecular complexity index is 1020. The van der Waals surface area contributed by atoms with Crippen molar-refractivity contribution in [1.29, 1.82) is 0 Å². The van der Waals surface area contributed by atoms with Gasteiger partial charge in [0.25, 0.3) is 5.91 Å². The molecule has 150 valence electrons. The molecule has 0 unspecified atom stereocenters. The number of para-hydroxylation sites is 2. The number of rotatable bonds is 7. The van der Waals surface area contributed by atoms with Gasteiger partial charge in [-0.25, -0.2) is 9.97 Å². The number of hydrogen-bond donors (Lipinski definition) is 2. The van der Waals surface area contributed by atoms with E-state index in [-0.39, 0.29) is 11.6 Å². The van der Waals surface area contributed by atoms with Crippen LogP contribution in [-0.2, 0) is 0 Å². The summed E-state index contributed by atoms with van der Waals surface area (Å²) in [5.74, 6) is 1.66. The first kappa shape index (κ1) is 19.9. The Balaban J connectivity index is 1.85. The number of nitrogens with zero attached hydrogens (tertiary/aromatic N) is 2. The third kappa shape index (κ3) is 4.73. The van der Waals surface area contributed by atoms with E-state index in [2.05, 4.69) is 20.6 Å². The number of aromatic nitrogens is 2. The maximum atomic E-state index is 12.8. The number of amides is 1. The number of ether oxygens (including phenoxy) is 3. The van der Waals surface area contributed by atoms with E-state index in [0.717, 1.165) is 0 Å². The summed E-state index contributed by atoms with van der Waals surface area (Å²) in [4.78, 5) is 21.5. The normalized spacial score (nSPS) is 10.2. The second-order valence-electron chi connectivity index (χ2n) is 6.06. The molecule has 0 saturated carbocycles. The summed E-state index contributed by atoms with van der Waals surface area (Å²) in [5.41, 5.74) is 2.06. The monoisotopic (exact) mass is 394 g/mol. The molecule has 3 rings (SSSR count). The van der Waals surface area contributed by atoms with Crippen molar-refractivity contribution in [1.82, 2.24) is 9.97 Å². The minimum absolute atomic E-state index is 0.216. The molecule has 8 nitrogen and oxygen atoms in total. The molecule has 0 aliphatic carbocycles. The van der Waals surface area contributed by atoms with Crippen molar-refractivity contribution in [3.8, 4) is 17.2 Å². The first-order valence-electron chi connectivity index (χ1n) is 8.83. The van der Waals surface area contributed by atoms with Gasteiger partial charge in [0.05, 0.1) is 32.7 Å². The summed E-state index contributed by atoms with van der Waals surface area (Å²) >= 11 is 0. The summed E-state index contributed by atoms with van der Waals surface area (Å²) in [6, 6.07) is 14.1. The smallest absolute Gasteiger partial charge is 0.274 e. The molecule has 1 amide bonds. The van der Waals surface area contributed by atoms with Crippen LogP contribution in [0.15, 0.2) is 48.5 Å². The van der Waals surface area contributed by atoms with Gasteiger partial charge in [-0.2, -0.15) is 0 Å². The van der Waals surface area contributed by atoms with E-state index >= 15 is 0 Å². The molecule has 0 aliphatic rings. The minimum atomic E-state index is -0.387. The molecule has 1 heterocycles. The Morgan fingerprint density at radius 1 is 0.862 bits per heavy atom. The number of hydrogen-bond acceptors (Lipinski definition) is 7. The van der Waals surface area contributed by atoms with Crippen molar-refractivity contribution in [3.63, 3.8) is 0 Å². The lowest BCUT2D eigenvalue weighted by molar-refractivity contribution is 0.102. The molecular formula is C21H22N4O4. The van der Waals surface area contributed by atoms with Crippen LogP contribution in [0.5, 0.6) is 17.2 Å². The number of aryl methyl sites for hydroxylation is 1. The van der Waals surface area contributed by atoms with Gasteiger partial charge in [0.1, 0.15) is 22.9 Å². The number of anilines is 3. The van der Waals surface area contributed by atoms with Gasteiger partial charge < -0.3 is 24.8 Å². The second-order valence-corrected chi connectivity index (χ2v) is 6.06. The zero-order valence-electron chi connectivity index (χ0n) is 16.6. The Labute approximate surface area is 168 Å². The number of methoxy groups -OCH3 is 3. The fraction of sp³-hybridized carbons (Fsp3) is 0.190. The SMILES string of the molecule is COc1ccc(NC(=O)c2cc(C)nc(Nc3ccccc3OC)n2)c(OC)c1. The summed E-state index contributed by atoms with van der Waals surface area (Å²) in [6.07, 6.45) is 0. The molecule has 8 heteroatoms. The Morgan fingerprint density at radius 2 is 1.62 bits per heavy atom. The molecule has 0 radical (unpaired) electrons. The highest BCUT2D eigenvalue weighted by atomic mass is 16.5. The van der Waals surface area contributed by atoms with Crippen LogP contribution in [0.25, 0.3) is 0 Å². The molecule has 0 fully saturated rings. The van der Waals surface area contributed by atoms with E-state index in [1.165, 1.54) is 7.11 Å². The largest absolute Gasteiger partial charge is 0.497 e. The van der Waals surface area contributed by atoms with Gasteiger partial charge in [0, 0.05) is 11.8 Å². The van der Waals surface area contributed by atoms with Crippen LogP contribution in [0.3, 0.4) is 0 Å². The molecule has 0 spiro atoms. The minimum Gasteiger partial charge on any atom is -0.497 e. The van der Waals surface area contributed by atoms with Gasteiger partial charge in [-0.15, -0.1) is 0 Å². The van der Waals surface area contributed by atoms with E-state index in [9.17, 15) is 4.79 Å². The average molecular weight is 394 g/mol. The molecule has 0 bridgehead atoms. The fourth-order valence-electron chi connectivity index (χ4n) is 2.70. The van der Waals surface area contributed by atoms with Crippen LogP contribution in [0, 0.1) is 6.92 Å². The van der Waals surface area contributed by atoms with E-state index in [0.29, 0.717) is 40.3 Å². The molecule has 0 atom stereocenters. The van der Waals surface area contributed by atoms with Crippen molar-refractivity contribution >= 4 is 23.2 Å². The number of carbonyl (C=O) groups is 1. The summed E-state index contributed by atoms with van der Waals surface area (Å²) in [5, 5.41) is 5.90. The van der Waals surface area contributed by atoms with Crippen LogP contribution >= 0.6 is 0 Å². The van der Waals surface area contributed by atoms with Crippen molar-refractivity contribution in [3.05, 3.63) is 59.9 Å². The molecule has 0 saturated heterocycles. The molecule has 0 aliphatic heterocycles. The lowest BCUT2D eigenvalue weighted by atomic mass is 10.2. The van der Waals surface area contributed by atoms with Crippen molar-refractivity contribution in [2.45, 2.75) is 6.92 Å². The third-order valence-corrected chi connectivity index (χ3v) is 4.10. The molecular weight excluding hydrogens is 372 g/mol. The highest BCUT2D eigenvalue weighted by Gasteiger charge is 2.15. The topological polar surface area (TPSA) is 94.6 Å². The van der Waals surface area contributed by atoms with Crippen LogP contribution < -0.4 is 24.8 Å². The third-order valence-electron chi connectivity index (χ3n) is 4.10. The van der Waals surface area contributed by atoms with Gasteiger partial charge in [-0.3, -0.25) is 4.79 Å². The highest BCUT2D eigenvalue weighted by molar-refractivity contribution is 6.04. The van der Waals surface area contributed by atoms with Gasteiger partial charge in [-0.1, -0.05) is 12.1 Å². The highest BCUT2D eigenvalue weighted by Crippen LogP contribution is 2.29. The van der Waals surface area contributed by atoms with Crippen molar-refractivity contribution in [2.24, 2.45) is 0 Å². The van der Waals surface area contributed by atoms with Crippen LogP contribution in [0.4, 0.5) is 17.3 Å². The van der Waals surface area contributed by atoms with Crippen molar-refractivity contribution < 1.29 is 19.0 Å². The molecule has 2 aromatic carbocycles. The second kappa shape index (κ2) is 8.92. The van der Waals surface area contributed by atoms with Crippen LogP contribution in [0.2, 0.25) is 0 Å². The number of carbonyl (C=O) groups excluding carboxylic acids is 1. The summed E-state index contributed by atoms with van der Waals surface area (Å²) in [6.45, 7) is 1.79. The van der Waals surface area contributed by atoms with Crippen LogP contribution in [-0.4, -0.2) is 37.2 Å². The Kier molecular flexibility index (Phi) is 6.13. The zero-order valence-corrected chi connectivity index (χ0v) is 16.6. The van der Waals surface area contributed by atoms with E-state index in [4.69, 9.17) is 14.2 Å². The molecule has 2 N–H and O–H groups in total. The van der Waals surface area contributed by atoms with Gasteiger partial charge >= 0.3 is 0 Å².